The number of pyridine rings is 1. The Morgan fingerprint density at radius 3 is 2.55 bits per heavy atom. The third-order valence-corrected chi connectivity index (χ3v) is 4.38. The van der Waals surface area contributed by atoms with E-state index in [0.29, 0.717) is 5.82 Å². The van der Waals surface area contributed by atoms with Crippen LogP contribution in [0.5, 0.6) is 0 Å². The summed E-state index contributed by atoms with van der Waals surface area (Å²) in [5.74, 6) is -1.73. The van der Waals surface area contributed by atoms with Crippen LogP contribution in [0, 0.1) is 19.7 Å². The minimum Gasteiger partial charge on any atom is -0.451 e. The van der Waals surface area contributed by atoms with Crippen LogP contribution in [0.3, 0.4) is 0 Å². The second kappa shape index (κ2) is 8.59. The lowest BCUT2D eigenvalue weighted by Crippen LogP contribution is -2.21. The normalized spacial score (nSPS) is 10.7. The Morgan fingerprint density at radius 2 is 1.90 bits per heavy atom. The third kappa shape index (κ3) is 4.90. The first-order valence-electron chi connectivity index (χ1n) is 8.37. The number of aryl methyl sites for hydroxylation is 2. The van der Waals surface area contributed by atoms with Crippen molar-refractivity contribution in [2.24, 2.45) is 0 Å². The van der Waals surface area contributed by atoms with Crippen molar-refractivity contribution in [2.75, 3.05) is 11.9 Å². The molecule has 150 valence electrons. The second-order valence-corrected chi connectivity index (χ2v) is 6.91. The van der Waals surface area contributed by atoms with Crippen molar-refractivity contribution in [3.63, 3.8) is 0 Å². The Balaban J connectivity index is 1.68. The van der Waals surface area contributed by atoms with Crippen LogP contribution in [0.2, 0.25) is 10.0 Å². The topological polar surface area (TPSA) is 86.1 Å². The summed E-state index contributed by atoms with van der Waals surface area (Å²) in [4.78, 5) is 28.5. The van der Waals surface area contributed by atoms with E-state index < -0.39 is 24.3 Å². The largest absolute Gasteiger partial charge is 0.451 e. The van der Waals surface area contributed by atoms with Gasteiger partial charge in [-0.3, -0.25) is 4.79 Å². The number of amides is 1. The fourth-order valence-electron chi connectivity index (χ4n) is 2.52. The number of ether oxygens (including phenoxy) is 1. The molecule has 0 aliphatic heterocycles. The van der Waals surface area contributed by atoms with Crippen LogP contribution in [0.4, 0.5) is 10.1 Å². The lowest BCUT2D eigenvalue weighted by Gasteiger charge is -2.09. The Morgan fingerprint density at radius 1 is 1.14 bits per heavy atom. The molecule has 1 amide bonds. The van der Waals surface area contributed by atoms with Crippen molar-refractivity contribution >= 4 is 40.8 Å². The summed E-state index contributed by atoms with van der Waals surface area (Å²) >= 11 is 11.7. The van der Waals surface area contributed by atoms with Gasteiger partial charge >= 0.3 is 5.97 Å². The smallest absolute Gasteiger partial charge is 0.359 e. The standard InChI is InChI=1S/C19H15Cl2FN4O3/c1-10-7-11(2)26(25-10)16-6-4-13(20)18(24-16)19(28)29-9-17(27)23-12-3-5-15(22)14(21)8-12/h3-8H,9H2,1-2H3,(H,23,27). The van der Waals surface area contributed by atoms with Gasteiger partial charge in [0.25, 0.3) is 5.91 Å². The molecular weight excluding hydrogens is 422 g/mol. The zero-order chi connectivity index (χ0) is 21.1. The van der Waals surface area contributed by atoms with Crippen LogP contribution in [-0.2, 0) is 9.53 Å². The summed E-state index contributed by atoms with van der Waals surface area (Å²) in [5.41, 5.74) is 1.74. The second-order valence-electron chi connectivity index (χ2n) is 6.09. The lowest BCUT2D eigenvalue weighted by atomic mass is 10.3. The first-order valence-corrected chi connectivity index (χ1v) is 9.12. The highest BCUT2D eigenvalue weighted by Crippen LogP contribution is 2.20. The zero-order valence-corrected chi connectivity index (χ0v) is 16.9. The number of aromatic nitrogens is 3. The first kappa shape index (κ1) is 20.8. The van der Waals surface area contributed by atoms with E-state index in [9.17, 15) is 14.0 Å². The minimum absolute atomic E-state index is 0.0750. The molecule has 3 rings (SSSR count). The number of halogens is 3. The van der Waals surface area contributed by atoms with Crippen LogP contribution in [0.25, 0.3) is 5.82 Å². The highest BCUT2D eigenvalue weighted by atomic mass is 35.5. The fourth-order valence-corrected chi connectivity index (χ4v) is 2.89. The molecule has 0 saturated carbocycles. The maximum absolute atomic E-state index is 13.2. The molecule has 0 fully saturated rings. The molecule has 0 unspecified atom stereocenters. The van der Waals surface area contributed by atoms with E-state index in [4.69, 9.17) is 27.9 Å². The average Bonchev–Trinajstić information content (AvgIpc) is 3.01. The van der Waals surface area contributed by atoms with Gasteiger partial charge in [0.1, 0.15) is 5.82 Å². The number of rotatable bonds is 5. The molecule has 1 N–H and O–H groups in total. The van der Waals surface area contributed by atoms with Crippen molar-refractivity contribution in [1.29, 1.82) is 0 Å². The van der Waals surface area contributed by atoms with Gasteiger partial charge in [-0.2, -0.15) is 5.10 Å². The Bertz CT molecular complexity index is 1100. The lowest BCUT2D eigenvalue weighted by molar-refractivity contribution is -0.119. The van der Waals surface area contributed by atoms with Crippen molar-refractivity contribution in [3.8, 4) is 5.82 Å². The van der Waals surface area contributed by atoms with Gasteiger partial charge < -0.3 is 10.1 Å². The van der Waals surface area contributed by atoms with Crippen LogP contribution >= 0.6 is 23.2 Å². The fraction of sp³-hybridized carbons (Fsp3) is 0.158. The number of nitrogens with one attached hydrogen (secondary N) is 1. The molecule has 0 spiro atoms. The average molecular weight is 437 g/mol. The van der Waals surface area contributed by atoms with E-state index in [2.05, 4.69) is 15.4 Å². The Labute approximate surface area is 175 Å². The molecule has 3 aromatic rings. The highest BCUT2D eigenvalue weighted by molar-refractivity contribution is 6.33. The predicted molar refractivity (Wildman–Crippen MR) is 106 cm³/mol. The highest BCUT2D eigenvalue weighted by Gasteiger charge is 2.18. The summed E-state index contributed by atoms with van der Waals surface area (Å²) in [6.45, 7) is 3.10. The molecule has 0 radical (unpaired) electrons. The maximum atomic E-state index is 13.2. The maximum Gasteiger partial charge on any atom is 0.359 e. The number of anilines is 1. The molecule has 1 aromatic carbocycles. The van der Waals surface area contributed by atoms with E-state index >= 15 is 0 Å². The molecule has 0 aliphatic rings. The molecule has 0 aliphatic carbocycles. The summed E-state index contributed by atoms with van der Waals surface area (Å²) in [6, 6.07) is 8.66. The summed E-state index contributed by atoms with van der Waals surface area (Å²) in [5, 5.41) is 6.68. The van der Waals surface area contributed by atoms with Crippen LogP contribution in [0.15, 0.2) is 36.4 Å². The minimum atomic E-state index is -0.870. The van der Waals surface area contributed by atoms with Gasteiger partial charge in [0, 0.05) is 11.4 Å². The van der Waals surface area contributed by atoms with Crippen LogP contribution in [0.1, 0.15) is 21.9 Å². The molecule has 2 aromatic heterocycles. The number of carbonyl (C=O) groups is 2. The van der Waals surface area contributed by atoms with Gasteiger partial charge in [-0.05, 0) is 50.2 Å². The van der Waals surface area contributed by atoms with Crippen LogP contribution < -0.4 is 5.32 Å². The quantitative estimate of drug-likeness (QED) is 0.607. The molecule has 0 saturated heterocycles. The van der Waals surface area contributed by atoms with E-state index in [1.807, 2.05) is 19.9 Å². The van der Waals surface area contributed by atoms with Gasteiger partial charge in [0.15, 0.2) is 18.1 Å². The molecule has 0 bridgehead atoms. The number of hydrogen-bond donors (Lipinski definition) is 1. The van der Waals surface area contributed by atoms with Crippen molar-refractivity contribution < 1.29 is 18.7 Å². The molecule has 0 atom stereocenters. The van der Waals surface area contributed by atoms with E-state index in [0.717, 1.165) is 17.5 Å². The van der Waals surface area contributed by atoms with Crippen LogP contribution in [-0.4, -0.2) is 33.2 Å². The number of carbonyl (C=O) groups excluding carboxylic acids is 2. The summed E-state index contributed by atoms with van der Waals surface area (Å²) in [7, 11) is 0. The van der Waals surface area contributed by atoms with Crippen molar-refractivity contribution in [3.05, 3.63) is 69.3 Å². The zero-order valence-electron chi connectivity index (χ0n) is 15.4. The molecule has 29 heavy (non-hydrogen) atoms. The van der Waals surface area contributed by atoms with Crippen molar-refractivity contribution in [2.45, 2.75) is 13.8 Å². The first-order chi connectivity index (χ1) is 13.7. The van der Waals surface area contributed by atoms with Gasteiger partial charge in [-0.15, -0.1) is 0 Å². The molecule has 2 heterocycles. The number of benzene rings is 1. The number of hydrogen-bond acceptors (Lipinski definition) is 5. The van der Waals surface area contributed by atoms with E-state index in [-0.39, 0.29) is 21.4 Å². The number of nitrogens with zero attached hydrogens (tertiary/aromatic N) is 3. The number of esters is 1. The van der Waals surface area contributed by atoms with Gasteiger partial charge in [-0.1, -0.05) is 23.2 Å². The Kier molecular flexibility index (Phi) is 6.14. The van der Waals surface area contributed by atoms with Gasteiger partial charge in [0.05, 0.1) is 15.7 Å². The monoisotopic (exact) mass is 436 g/mol. The van der Waals surface area contributed by atoms with Crippen molar-refractivity contribution in [1.82, 2.24) is 14.8 Å². The molecule has 7 nitrogen and oxygen atoms in total. The molecular formula is C19H15Cl2FN4O3. The predicted octanol–water partition coefficient (Wildman–Crippen LogP) is 4.13. The third-order valence-electron chi connectivity index (χ3n) is 3.79. The van der Waals surface area contributed by atoms with E-state index in [1.165, 1.54) is 18.2 Å². The Hall–Kier alpha value is -2.97. The summed E-state index contributed by atoms with van der Waals surface area (Å²) < 4.78 is 19.7. The van der Waals surface area contributed by atoms with E-state index in [1.54, 1.807) is 10.7 Å². The van der Waals surface area contributed by atoms with Gasteiger partial charge in [0.2, 0.25) is 0 Å². The van der Waals surface area contributed by atoms with Gasteiger partial charge in [-0.25, -0.2) is 18.9 Å². The SMILES string of the molecule is Cc1cc(C)n(-c2ccc(Cl)c(C(=O)OCC(=O)Nc3ccc(F)c(Cl)c3)n2)n1. The molecule has 10 heteroatoms. The summed E-state index contributed by atoms with van der Waals surface area (Å²) in [6.07, 6.45) is 0.